The second-order valence-electron chi connectivity index (χ2n) is 6.26. The van der Waals surface area contributed by atoms with Crippen molar-refractivity contribution in [3.05, 3.63) is 71.6 Å². The van der Waals surface area contributed by atoms with Gasteiger partial charge in [0.05, 0.1) is 6.54 Å². The zero-order chi connectivity index (χ0) is 18.4. The Morgan fingerprint density at radius 1 is 1.27 bits per heavy atom. The molecule has 3 aromatic rings. The molecule has 26 heavy (non-hydrogen) atoms. The van der Waals surface area contributed by atoms with Crippen LogP contribution in [0.1, 0.15) is 27.6 Å². The fraction of sp³-hybridized carbons (Fsp3) is 0.316. The first-order chi connectivity index (χ1) is 12.6. The van der Waals surface area contributed by atoms with Gasteiger partial charge in [0.1, 0.15) is 5.82 Å². The van der Waals surface area contributed by atoms with E-state index in [1.54, 1.807) is 12.3 Å². The maximum Gasteiger partial charge on any atom is 0.273 e. The Bertz CT molecular complexity index is 841. The number of amides is 1. The van der Waals surface area contributed by atoms with E-state index >= 15 is 0 Å². The Kier molecular flexibility index (Phi) is 5.80. The molecule has 0 spiro atoms. The first-order valence-electron chi connectivity index (χ1n) is 8.56. The smallest absolute Gasteiger partial charge is 0.273 e. The normalized spacial score (nSPS) is 11.0. The second-order valence-corrected chi connectivity index (χ2v) is 6.26. The standard InChI is InChI=1S/C19H23N5O2/c1-15-20-8-10-24(15)11-9-21-19(25)18-12-17(26-22-18)14-23(2)13-16-6-4-3-5-7-16/h3-8,10,12H,9,11,13-14H2,1-2H3,(H,21,25). The van der Waals surface area contributed by atoms with Crippen LogP contribution in [0.5, 0.6) is 0 Å². The van der Waals surface area contributed by atoms with Crippen molar-refractivity contribution in [1.29, 1.82) is 0 Å². The van der Waals surface area contributed by atoms with Gasteiger partial charge in [-0.1, -0.05) is 35.5 Å². The number of hydrogen-bond acceptors (Lipinski definition) is 5. The molecule has 2 heterocycles. The van der Waals surface area contributed by atoms with E-state index in [4.69, 9.17) is 4.52 Å². The van der Waals surface area contributed by atoms with Gasteiger partial charge in [0, 0.05) is 38.1 Å². The lowest BCUT2D eigenvalue weighted by Gasteiger charge is -2.14. The van der Waals surface area contributed by atoms with Crippen molar-refractivity contribution in [2.75, 3.05) is 13.6 Å². The third kappa shape index (κ3) is 4.80. The van der Waals surface area contributed by atoms with Crippen molar-refractivity contribution in [1.82, 2.24) is 24.9 Å². The molecule has 0 aliphatic carbocycles. The lowest BCUT2D eigenvalue weighted by molar-refractivity contribution is 0.0943. The Labute approximate surface area is 152 Å². The largest absolute Gasteiger partial charge is 0.359 e. The number of benzene rings is 1. The molecular weight excluding hydrogens is 330 g/mol. The minimum absolute atomic E-state index is 0.233. The van der Waals surface area contributed by atoms with Crippen molar-refractivity contribution in [3.8, 4) is 0 Å². The van der Waals surface area contributed by atoms with Crippen molar-refractivity contribution < 1.29 is 9.32 Å². The highest BCUT2D eigenvalue weighted by Crippen LogP contribution is 2.09. The number of carbonyl (C=O) groups excluding carboxylic acids is 1. The Morgan fingerprint density at radius 2 is 2.08 bits per heavy atom. The average Bonchev–Trinajstić information content (AvgIpc) is 3.25. The third-order valence-electron chi connectivity index (χ3n) is 4.07. The van der Waals surface area contributed by atoms with Crippen LogP contribution in [0.25, 0.3) is 0 Å². The van der Waals surface area contributed by atoms with Gasteiger partial charge >= 0.3 is 0 Å². The van der Waals surface area contributed by atoms with E-state index in [0.29, 0.717) is 31.1 Å². The molecule has 7 heteroatoms. The summed E-state index contributed by atoms with van der Waals surface area (Å²) in [5, 5.41) is 6.72. The molecular formula is C19H23N5O2. The summed E-state index contributed by atoms with van der Waals surface area (Å²) in [6.45, 7) is 4.49. The van der Waals surface area contributed by atoms with Gasteiger partial charge in [-0.25, -0.2) is 4.98 Å². The lowest BCUT2D eigenvalue weighted by atomic mass is 10.2. The zero-order valence-corrected chi connectivity index (χ0v) is 15.1. The number of aromatic nitrogens is 3. The molecule has 3 rings (SSSR count). The topological polar surface area (TPSA) is 76.2 Å². The first kappa shape index (κ1) is 17.9. The number of rotatable bonds is 8. The summed E-state index contributed by atoms with van der Waals surface area (Å²) in [5.41, 5.74) is 1.53. The summed E-state index contributed by atoms with van der Waals surface area (Å²) >= 11 is 0. The highest BCUT2D eigenvalue weighted by Gasteiger charge is 2.13. The molecule has 1 N–H and O–H groups in total. The van der Waals surface area contributed by atoms with Crippen LogP contribution < -0.4 is 5.32 Å². The van der Waals surface area contributed by atoms with Crippen LogP contribution in [0.2, 0.25) is 0 Å². The van der Waals surface area contributed by atoms with Crippen molar-refractivity contribution in [2.24, 2.45) is 0 Å². The van der Waals surface area contributed by atoms with Gasteiger partial charge in [0.2, 0.25) is 0 Å². The van der Waals surface area contributed by atoms with Gasteiger partial charge in [-0.05, 0) is 19.5 Å². The van der Waals surface area contributed by atoms with Crippen LogP contribution in [0.3, 0.4) is 0 Å². The van der Waals surface area contributed by atoms with Crippen molar-refractivity contribution >= 4 is 5.91 Å². The predicted molar refractivity (Wildman–Crippen MR) is 97.4 cm³/mol. The quantitative estimate of drug-likeness (QED) is 0.672. The number of nitrogens with zero attached hydrogens (tertiary/aromatic N) is 4. The number of nitrogens with one attached hydrogen (secondary N) is 1. The predicted octanol–water partition coefficient (Wildman–Crippen LogP) is 2.24. The molecule has 0 bridgehead atoms. The summed E-state index contributed by atoms with van der Waals surface area (Å²) in [5.74, 6) is 1.35. The highest BCUT2D eigenvalue weighted by molar-refractivity contribution is 5.92. The Morgan fingerprint density at radius 3 is 2.81 bits per heavy atom. The second kappa shape index (κ2) is 8.44. The number of hydrogen-bond donors (Lipinski definition) is 1. The summed E-state index contributed by atoms with van der Waals surface area (Å²) in [4.78, 5) is 18.4. The third-order valence-corrected chi connectivity index (χ3v) is 4.07. The molecule has 0 saturated carbocycles. The Hall–Kier alpha value is -2.93. The number of carbonyl (C=O) groups is 1. The average molecular weight is 353 g/mol. The van der Waals surface area contributed by atoms with Gasteiger partial charge in [-0.3, -0.25) is 9.69 Å². The maximum absolute atomic E-state index is 12.2. The minimum Gasteiger partial charge on any atom is -0.359 e. The van der Waals surface area contributed by atoms with Gasteiger partial charge < -0.3 is 14.4 Å². The molecule has 0 atom stereocenters. The van der Waals surface area contributed by atoms with E-state index in [1.165, 1.54) is 5.56 Å². The fourth-order valence-electron chi connectivity index (χ4n) is 2.73. The molecule has 0 radical (unpaired) electrons. The molecule has 0 aliphatic heterocycles. The van der Waals surface area contributed by atoms with Gasteiger partial charge in [-0.2, -0.15) is 0 Å². The highest BCUT2D eigenvalue weighted by atomic mass is 16.5. The van der Waals surface area contributed by atoms with E-state index in [2.05, 4.69) is 32.5 Å². The molecule has 0 fully saturated rings. The summed E-state index contributed by atoms with van der Waals surface area (Å²) < 4.78 is 7.28. The van der Waals surface area contributed by atoms with Crippen molar-refractivity contribution in [2.45, 2.75) is 26.6 Å². The fourth-order valence-corrected chi connectivity index (χ4v) is 2.73. The molecule has 1 amide bonds. The van der Waals surface area contributed by atoms with Crippen LogP contribution >= 0.6 is 0 Å². The van der Waals surface area contributed by atoms with E-state index < -0.39 is 0 Å². The summed E-state index contributed by atoms with van der Waals surface area (Å²) in [6, 6.07) is 11.9. The molecule has 0 saturated heterocycles. The van der Waals surface area contributed by atoms with Gasteiger partial charge in [0.25, 0.3) is 5.91 Å². The van der Waals surface area contributed by atoms with Crippen LogP contribution in [-0.4, -0.2) is 39.1 Å². The molecule has 1 aromatic carbocycles. The number of imidazole rings is 1. The number of aryl methyl sites for hydroxylation is 1. The minimum atomic E-state index is -0.233. The summed E-state index contributed by atoms with van der Waals surface area (Å²) in [7, 11) is 2.00. The molecule has 2 aromatic heterocycles. The molecule has 136 valence electrons. The zero-order valence-electron chi connectivity index (χ0n) is 15.1. The monoisotopic (exact) mass is 353 g/mol. The van der Waals surface area contributed by atoms with Crippen LogP contribution in [0.4, 0.5) is 0 Å². The molecule has 0 aliphatic rings. The van der Waals surface area contributed by atoms with Crippen LogP contribution in [-0.2, 0) is 19.6 Å². The summed E-state index contributed by atoms with van der Waals surface area (Å²) in [6.07, 6.45) is 3.63. The van der Waals surface area contributed by atoms with Gasteiger partial charge in [0.15, 0.2) is 11.5 Å². The van der Waals surface area contributed by atoms with Gasteiger partial charge in [-0.15, -0.1) is 0 Å². The Balaban J connectivity index is 1.47. The van der Waals surface area contributed by atoms with Crippen LogP contribution in [0, 0.1) is 6.92 Å². The van der Waals surface area contributed by atoms with E-state index in [1.807, 2.05) is 42.9 Å². The maximum atomic E-state index is 12.2. The van der Waals surface area contributed by atoms with E-state index in [9.17, 15) is 4.79 Å². The van der Waals surface area contributed by atoms with E-state index in [-0.39, 0.29) is 5.91 Å². The lowest BCUT2D eigenvalue weighted by Crippen LogP contribution is -2.27. The van der Waals surface area contributed by atoms with Crippen LogP contribution in [0.15, 0.2) is 53.3 Å². The first-order valence-corrected chi connectivity index (χ1v) is 8.56. The molecule has 0 unspecified atom stereocenters. The molecule has 7 nitrogen and oxygen atoms in total. The van der Waals surface area contributed by atoms with E-state index in [0.717, 1.165) is 12.4 Å². The van der Waals surface area contributed by atoms with Crippen molar-refractivity contribution in [3.63, 3.8) is 0 Å². The SMILES string of the molecule is Cc1nccn1CCNC(=O)c1cc(CN(C)Cc2ccccc2)on1.